The summed E-state index contributed by atoms with van der Waals surface area (Å²) >= 11 is 0. The van der Waals surface area contributed by atoms with Crippen molar-refractivity contribution in [1.82, 2.24) is 0 Å². The molecule has 0 amide bonds. The molecule has 1 atom stereocenters. The maximum atomic E-state index is 13.4. The van der Waals surface area contributed by atoms with E-state index >= 15 is 0 Å². The summed E-state index contributed by atoms with van der Waals surface area (Å²) in [6.07, 6.45) is -6.99. The van der Waals surface area contributed by atoms with Gasteiger partial charge in [0.2, 0.25) is 0 Å². The first kappa shape index (κ1) is 30.9. The predicted octanol–water partition coefficient (Wildman–Crippen LogP) is 5.78. The van der Waals surface area contributed by atoms with Gasteiger partial charge in [-0.3, -0.25) is 0 Å². The first-order chi connectivity index (χ1) is 19.2. The molecule has 4 N–H and O–H groups in total. The zero-order chi connectivity index (χ0) is 30.2. The number of carbonyl (C=O) groups is 2. The molecule has 0 aliphatic carbocycles. The highest BCUT2D eigenvalue weighted by Crippen LogP contribution is 2.35. The third-order valence-electron chi connectivity index (χ3n) is 5.47. The number of alkyl halides is 6. The zero-order valence-corrected chi connectivity index (χ0v) is 21.2. The maximum absolute atomic E-state index is 13.4. The first-order valence-electron chi connectivity index (χ1n) is 11.9. The Kier molecular flexibility index (Phi) is 9.87. The van der Waals surface area contributed by atoms with Gasteiger partial charge in [0.25, 0.3) is 6.17 Å². The number of hydrogen-bond acceptors (Lipinski definition) is 7. The largest absolute Gasteiger partial charge is 0.487 e. The lowest BCUT2D eigenvalue weighted by Gasteiger charge is -2.22. The molecule has 0 saturated heterocycles. The summed E-state index contributed by atoms with van der Waals surface area (Å²) in [7, 11) is 0. The van der Waals surface area contributed by atoms with Crippen LogP contribution in [-0.2, 0) is 16.0 Å². The molecule has 3 rings (SSSR count). The van der Waals surface area contributed by atoms with Crippen molar-refractivity contribution in [2.75, 3.05) is 24.7 Å². The molecule has 218 valence electrons. The average Bonchev–Trinajstić information content (AvgIpc) is 2.92. The molecule has 0 bridgehead atoms. The van der Waals surface area contributed by atoms with Crippen LogP contribution in [-0.4, -0.2) is 43.4 Å². The van der Waals surface area contributed by atoms with Crippen molar-refractivity contribution in [1.29, 1.82) is 0 Å². The van der Waals surface area contributed by atoms with Gasteiger partial charge in [-0.15, -0.1) is 0 Å². The number of esters is 2. The van der Waals surface area contributed by atoms with Gasteiger partial charge in [0.1, 0.15) is 11.5 Å². The minimum absolute atomic E-state index is 0.0183. The molecule has 7 nitrogen and oxygen atoms in total. The highest BCUT2D eigenvalue weighted by atomic mass is 19.4. The third kappa shape index (κ3) is 9.19. The van der Waals surface area contributed by atoms with E-state index in [9.17, 15) is 35.9 Å². The van der Waals surface area contributed by atoms with E-state index in [0.717, 1.165) is 29.8 Å². The number of benzene rings is 3. The topological polar surface area (TPSA) is 114 Å². The Morgan fingerprint density at radius 1 is 0.878 bits per heavy atom. The van der Waals surface area contributed by atoms with Crippen LogP contribution in [0.1, 0.15) is 21.5 Å². The van der Waals surface area contributed by atoms with Crippen LogP contribution in [0.3, 0.4) is 0 Å². The van der Waals surface area contributed by atoms with E-state index in [2.05, 4.69) is 4.74 Å². The number of halogens is 6. The molecule has 1 unspecified atom stereocenters. The molecule has 0 saturated carbocycles. The van der Waals surface area contributed by atoms with E-state index in [1.165, 1.54) is 24.3 Å². The molecular formula is C28H24F6N2O5. The number of hydrogen-bond donors (Lipinski definition) is 2. The van der Waals surface area contributed by atoms with E-state index in [1.54, 1.807) is 30.3 Å². The lowest BCUT2D eigenvalue weighted by molar-refractivity contribution is -0.250. The smallest absolute Gasteiger partial charge is 0.425 e. The average molecular weight is 582 g/mol. The summed E-state index contributed by atoms with van der Waals surface area (Å²) in [4.78, 5) is 24.3. The summed E-state index contributed by atoms with van der Waals surface area (Å²) in [5, 5.41) is 0. The van der Waals surface area contributed by atoms with E-state index in [0.29, 0.717) is 23.4 Å². The minimum atomic E-state index is -5.74. The fraction of sp³-hybridized carbons (Fsp3) is 0.214. The molecule has 0 fully saturated rings. The van der Waals surface area contributed by atoms with Crippen molar-refractivity contribution in [3.05, 3.63) is 89.5 Å². The number of nitrogen functional groups attached to an aromatic ring is 2. The molecule has 0 aromatic heterocycles. The Balaban J connectivity index is 1.46. The molecule has 3 aromatic rings. The van der Waals surface area contributed by atoms with Gasteiger partial charge in [-0.2, -0.15) is 22.0 Å². The lowest BCUT2D eigenvalue weighted by Crippen LogP contribution is -2.45. The van der Waals surface area contributed by atoms with Gasteiger partial charge >= 0.3 is 24.0 Å². The van der Waals surface area contributed by atoms with Crippen LogP contribution in [0.5, 0.6) is 11.5 Å². The Morgan fingerprint density at radius 2 is 1.51 bits per heavy atom. The van der Waals surface area contributed by atoms with Crippen molar-refractivity contribution < 1.29 is 50.1 Å². The van der Waals surface area contributed by atoms with Crippen molar-refractivity contribution in [3.8, 4) is 11.5 Å². The SMILES string of the molecule is Nc1ccc(CCOC(=O)/C=C/c2ccc(OC(=O)c3ccc(OCC(F)(F)C(F)C(F)(F)F)cc3)cc2)c(N)c1. The second kappa shape index (κ2) is 13.1. The van der Waals surface area contributed by atoms with Gasteiger partial charge in [-0.25, -0.2) is 14.0 Å². The summed E-state index contributed by atoms with van der Waals surface area (Å²) in [6.45, 7) is -1.74. The van der Waals surface area contributed by atoms with Crippen LogP contribution in [0.4, 0.5) is 37.7 Å². The van der Waals surface area contributed by atoms with Crippen LogP contribution >= 0.6 is 0 Å². The van der Waals surface area contributed by atoms with Crippen LogP contribution in [0.2, 0.25) is 0 Å². The summed E-state index contributed by atoms with van der Waals surface area (Å²) in [6, 6.07) is 15.5. The summed E-state index contributed by atoms with van der Waals surface area (Å²) in [5.41, 5.74) is 13.9. The van der Waals surface area contributed by atoms with E-state index in [-0.39, 0.29) is 23.7 Å². The zero-order valence-electron chi connectivity index (χ0n) is 21.2. The van der Waals surface area contributed by atoms with Crippen molar-refractivity contribution >= 4 is 29.4 Å². The minimum Gasteiger partial charge on any atom is -0.487 e. The third-order valence-corrected chi connectivity index (χ3v) is 5.47. The van der Waals surface area contributed by atoms with Gasteiger partial charge in [0, 0.05) is 23.9 Å². The van der Waals surface area contributed by atoms with E-state index < -0.39 is 36.8 Å². The molecule has 13 heteroatoms. The molecule has 0 radical (unpaired) electrons. The lowest BCUT2D eigenvalue weighted by atomic mass is 10.1. The standard InChI is InChI=1S/C28H24F6N2O5/c29-26(28(32,33)34)27(30,31)16-40-21-10-5-19(6-11-21)25(38)41-22-8-1-17(2-9-22)3-12-24(37)39-14-13-18-4-7-20(35)15-23(18)36/h1-12,15,26H,13-14,16,35-36H2/b12-3+. The molecular weight excluding hydrogens is 558 g/mol. The number of ether oxygens (including phenoxy) is 3. The van der Waals surface area contributed by atoms with Crippen molar-refractivity contribution in [2.45, 2.75) is 24.7 Å². The molecule has 0 spiro atoms. The van der Waals surface area contributed by atoms with Crippen LogP contribution in [0.25, 0.3) is 6.08 Å². The molecule has 3 aromatic carbocycles. The first-order valence-corrected chi connectivity index (χ1v) is 11.9. The molecule has 41 heavy (non-hydrogen) atoms. The fourth-order valence-corrected chi connectivity index (χ4v) is 3.31. The quantitative estimate of drug-likeness (QED) is 0.0968. The van der Waals surface area contributed by atoms with Crippen LogP contribution in [0, 0.1) is 0 Å². The molecule has 0 aliphatic heterocycles. The summed E-state index contributed by atoms with van der Waals surface area (Å²) in [5.74, 6) is -6.35. The fourth-order valence-electron chi connectivity index (χ4n) is 3.31. The summed E-state index contributed by atoms with van der Waals surface area (Å²) < 4.78 is 91.2. The number of nitrogens with two attached hydrogens (primary N) is 2. The number of anilines is 2. The van der Waals surface area contributed by atoms with Gasteiger partial charge in [0.05, 0.1) is 12.2 Å². The number of rotatable bonds is 11. The molecule has 0 heterocycles. The van der Waals surface area contributed by atoms with Crippen molar-refractivity contribution in [2.24, 2.45) is 0 Å². The Labute approximate surface area is 230 Å². The highest BCUT2D eigenvalue weighted by Gasteiger charge is 2.57. The van der Waals surface area contributed by atoms with Crippen LogP contribution < -0.4 is 20.9 Å². The van der Waals surface area contributed by atoms with E-state index in [1.807, 2.05) is 0 Å². The number of carbonyl (C=O) groups excluding carboxylic acids is 2. The van der Waals surface area contributed by atoms with E-state index in [4.69, 9.17) is 20.9 Å². The predicted molar refractivity (Wildman–Crippen MR) is 138 cm³/mol. The Bertz CT molecular complexity index is 1380. The van der Waals surface area contributed by atoms with Gasteiger partial charge in [-0.05, 0) is 65.7 Å². The van der Waals surface area contributed by atoms with Gasteiger partial charge < -0.3 is 25.7 Å². The van der Waals surface area contributed by atoms with Crippen molar-refractivity contribution in [3.63, 3.8) is 0 Å². The molecule has 0 aliphatic rings. The maximum Gasteiger partial charge on any atom is 0.425 e. The van der Waals surface area contributed by atoms with Gasteiger partial charge in [0.15, 0.2) is 6.61 Å². The highest BCUT2D eigenvalue weighted by molar-refractivity contribution is 5.91. The second-order valence-corrected chi connectivity index (χ2v) is 8.65. The normalized spacial score (nSPS) is 12.6. The van der Waals surface area contributed by atoms with Crippen LogP contribution in [0.15, 0.2) is 72.8 Å². The van der Waals surface area contributed by atoms with Gasteiger partial charge in [-0.1, -0.05) is 18.2 Å². The Morgan fingerprint density at radius 3 is 2.12 bits per heavy atom. The Hall–Kier alpha value is -4.68. The second-order valence-electron chi connectivity index (χ2n) is 8.65. The monoisotopic (exact) mass is 582 g/mol.